The molecule has 0 radical (unpaired) electrons. The Kier molecular flexibility index (Phi) is 6.11. The number of nitrogens with zero attached hydrogens (tertiary/aromatic N) is 2. The third kappa shape index (κ3) is 3.73. The van der Waals surface area contributed by atoms with Gasteiger partial charge in [0.1, 0.15) is 8.64 Å². The van der Waals surface area contributed by atoms with Gasteiger partial charge in [-0.2, -0.15) is 0 Å². The molecule has 2 amide bonds. The van der Waals surface area contributed by atoms with Crippen molar-refractivity contribution in [2.75, 3.05) is 0 Å². The van der Waals surface area contributed by atoms with E-state index in [4.69, 9.17) is 24.4 Å². The van der Waals surface area contributed by atoms with E-state index < -0.39 is 0 Å². The Labute approximate surface area is 194 Å². The Morgan fingerprint density at radius 1 is 0.667 bits per heavy atom. The molecule has 0 spiro atoms. The highest BCUT2D eigenvalue weighted by molar-refractivity contribution is 8.29. The maximum atomic E-state index is 13.2. The summed E-state index contributed by atoms with van der Waals surface area (Å²) in [6.07, 6.45) is 0. The van der Waals surface area contributed by atoms with E-state index in [1.807, 2.05) is 74.5 Å². The van der Waals surface area contributed by atoms with Crippen LogP contribution in [0.1, 0.15) is 37.1 Å². The molecule has 2 aliphatic heterocycles. The van der Waals surface area contributed by atoms with Crippen molar-refractivity contribution in [3.05, 3.63) is 81.6 Å². The van der Waals surface area contributed by atoms with Crippen LogP contribution in [-0.2, 0) is 9.59 Å². The molecule has 2 aromatic carbocycles. The zero-order chi connectivity index (χ0) is 21.4. The Morgan fingerprint density at radius 2 is 1.00 bits per heavy atom. The van der Waals surface area contributed by atoms with E-state index in [9.17, 15) is 9.59 Å². The van der Waals surface area contributed by atoms with Crippen molar-refractivity contribution >= 4 is 68.4 Å². The van der Waals surface area contributed by atoms with Gasteiger partial charge in [-0.05, 0) is 25.0 Å². The Morgan fingerprint density at radius 3 is 1.33 bits per heavy atom. The van der Waals surface area contributed by atoms with Crippen molar-refractivity contribution in [1.82, 2.24) is 9.80 Å². The molecular weight excluding hydrogens is 453 g/mol. The number of carbonyl (C=O) groups excluding carboxylic acids is 2. The standard InChI is InChI=1S/C22H18N2O2S4/c1-13(15-9-5-3-6-10-15)23-19(25)17(29-21(23)27)18-20(26)24(22(28)30-18)14(2)16-11-7-4-8-12-16/h3-14H,1-2H3/b18-17+/t13-,14-/m1/s1. The number of carbonyl (C=O) groups is 2. The summed E-state index contributed by atoms with van der Waals surface area (Å²) in [7, 11) is 0. The fourth-order valence-corrected chi connectivity index (χ4v) is 6.45. The number of hydrogen-bond donors (Lipinski definition) is 0. The minimum Gasteiger partial charge on any atom is -0.286 e. The number of amides is 2. The molecule has 4 nitrogen and oxygen atoms in total. The van der Waals surface area contributed by atoms with Gasteiger partial charge in [-0.25, -0.2) is 0 Å². The molecule has 4 rings (SSSR count). The predicted octanol–water partition coefficient (Wildman–Crippen LogP) is 5.44. The molecule has 2 saturated heterocycles. The number of thioether (sulfide) groups is 2. The molecule has 2 heterocycles. The van der Waals surface area contributed by atoms with Crippen LogP contribution in [0.4, 0.5) is 0 Å². The van der Waals surface area contributed by atoms with E-state index in [0.717, 1.165) is 11.1 Å². The van der Waals surface area contributed by atoms with Crippen LogP contribution >= 0.6 is 48.0 Å². The first-order valence-corrected chi connectivity index (χ1v) is 11.8. The van der Waals surface area contributed by atoms with Crippen LogP contribution in [0.5, 0.6) is 0 Å². The molecule has 0 N–H and O–H groups in total. The van der Waals surface area contributed by atoms with Crippen molar-refractivity contribution in [2.45, 2.75) is 25.9 Å². The topological polar surface area (TPSA) is 40.6 Å². The number of rotatable bonds is 4. The average Bonchev–Trinajstić information content (AvgIpc) is 3.22. The van der Waals surface area contributed by atoms with E-state index in [0.29, 0.717) is 18.5 Å². The average molecular weight is 471 g/mol. The first-order valence-electron chi connectivity index (χ1n) is 9.35. The SMILES string of the molecule is C[C@H](c1ccccc1)N1C(=O)/C(=C2\SC(=S)N([C@H](C)c3ccccc3)C2=O)SC1=S. The molecule has 0 bridgehead atoms. The fraction of sp³-hybridized carbons (Fsp3) is 0.182. The van der Waals surface area contributed by atoms with Crippen molar-refractivity contribution in [3.8, 4) is 0 Å². The van der Waals surface area contributed by atoms with Gasteiger partial charge in [0, 0.05) is 0 Å². The second-order valence-electron chi connectivity index (χ2n) is 6.92. The summed E-state index contributed by atoms with van der Waals surface area (Å²) in [6, 6.07) is 19.0. The minimum atomic E-state index is -0.241. The predicted molar refractivity (Wildman–Crippen MR) is 131 cm³/mol. The lowest BCUT2D eigenvalue weighted by Gasteiger charge is -2.24. The molecule has 2 aliphatic rings. The summed E-state index contributed by atoms with van der Waals surface area (Å²) in [4.78, 5) is 30.4. The van der Waals surface area contributed by atoms with Crippen LogP contribution in [0.25, 0.3) is 0 Å². The zero-order valence-corrected chi connectivity index (χ0v) is 19.5. The second-order valence-corrected chi connectivity index (χ2v) is 10.2. The number of thiocarbonyl (C=S) groups is 2. The zero-order valence-electron chi connectivity index (χ0n) is 16.3. The van der Waals surface area contributed by atoms with E-state index in [2.05, 4.69) is 0 Å². The molecule has 0 unspecified atom stereocenters. The summed E-state index contributed by atoms with van der Waals surface area (Å²) < 4.78 is 0.903. The molecule has 30 heavy (non-hydrogen) atoms. The normalized spacial score (nSPS) is 21.5. The molecule has 2 fully saturated rings. The minimum absolute atomic E-state index is 0.218. The molecule has 0 aromatic heterocycles. The Hall–Kier alpha value is -2.00. The highest BCUT2D eigenvalue weighted by Gasteiger charge is 2.44. The maximum Gasteiger partial charge on any atom is 0.268 e. The number of hydrogen-bond acceptors (Lipinski definition) is 6. The van der Waals surface area contributed by atoms with Gasteiger partial charge in [-0.1, -0.05) is 109 Å². The van der Waals surface area contributed by atoms with Crippen LogP contribution in [0.3, 0.4) is 0 Å². The van der Waals surface area contributed by atoms with E-state index in [1.165, 1.54) is 23.5 Å². The largest absolute Gasteiger partial charge is 0.286 e. The highest BCUT2D eigenvalue weighted by atomic mass is 32.2. The van der Waals surface area contributed by atoms with Crippen molar-refractivity contribution in [3.63, 3.8) is 0 Å². The van der Waals surface area contributed by atoms with Gasteiger partial charge < -0.3 is 0 Å². The van der Waals surface area contributed by atoms with Gasteiger partial charge in [0.2, 0.25) is 0 Å². The molecule has 152 valence electrons. The van der Waals surface area contributed by atoms with Gasteiger partial charge in [-0.3, -0.25) is 19.4 Å². The van der Waals surface area contributed by atoms with Crippen molar-refractivity contribution in [2.24, 2.45) is 0 Å². The summed E-state index contributed by atoms with van der Waals surface area (Å²) in [5.74, 6) is -0.483. The van der Waals surface area contributed by atoms with Crippen LogP contribution in [0, 0.1) is 0 Å². The Bertz CT molecular complexity index is 984. The molecule has 2 atom stereocenters. The van der Waals surface area contributed by atoms with Crippen molar-refractivity contribution in [1.29, 1.82) is 0 Å². The molecule has 8 heteroatoms. The maximum absolute atomic E-state index is 13.2. The van der Waals surface area contributed by atoms with Crippen LogP contribution in [0.2, 0.25) is 0 Å². The lowest BCUT2D eigenvalue weighted by Crippen LogP contribution is -2.32. The fourth-order valence-electron chi connectivity index (χ4n) is 3.46. The summed E-state index contributed by atoms with van der Waals surface area (Å²) in [6.45, 7) is 3.87. The summed E-state index contributed by atoms with van der Waals surface area (Å²) >= 11 is 13.4. The summed E-state index contributed by atoms with van der Waals surface area (Å²) in [5, 5.41) is 0. The lowest BCUT2D eigenvalue weighted by atomic mass is 10.1. The quantitative estimate of drug-likeness (QED) is 0.438. The lowest BCUT2D eigenvalue weighted by molar-refractivity contribution is -0.126. The molecule has 0 aliphatic carbocycles. The summed E-state index contributed by atoms with van der Waals surface area (Å²) in [5.41, 5.74) is 1.97. The van der Waals surface area contributed by atoms with Crippen LogP contribution < -0.4 is 0 Å². The third-order valence-electron chi connectivity index (χ3n) is 5.14. The highest BCUT2D eigenvalue weighted by Crippen LogP contribution is 2.46. The van der Waals surface area contributed by atoms with Gasteiger partial charge in [0.15, 0.2) is 0 Å². The third-order valence-corrected chi connectivity index (χ3v) is 8.07. The Balaban J connectivity index is 1.64. The monoisotopic (exact) mass is 470 g/mol. The second kappa shape index (κ2) is 8.63. The van der Waals surface area contributed by atoms with E-state index >= 15 is 0 Å². The number of benzene rings is 2. The first-order chi connectivity index (χ1) is 14.4. The van der Waals surface area contributed by atoms with Crippen LogP contribution in [0.15, 0.2) is 70.5 Å². The van der Waals surface area contributed by atoms with Gasteiger partial charge >= 0.3 is 0 Å². The van der Waals surface area contributed by atoms with Gasteiger partial charge in [-0.15, -0.1) is 0 Å². The molecular formula is C22H18N2O2S4. The van der Waals surface area contributed by atoms with Crippen molar-refractivity contribution < 1.29 is 9.59 Å². The van der Waals surface area contributed by atoms with E-state index in [1.54, 1.807) is 9.80 Å². The van der Waals surface area contributed by atoms with Crippen LogP contribution in [-0.4, -0.2) is 30.3 Å². The first kappa shape index (κ1) is 21.2. The smallest absolute Gasteiger partial charge is 0.268 e. The van der Waals surface area contributed by atoms with Gasteiger partial charge in [0.05, 0.1) is 21.9 Å². The van der Waals surface area contributed by atoms with Gasteiger partial charge in [0.25, 0.3) is 11.8 Å². The molecule has 0 saturated carbocycles. The molecule has 2 aromatic rings. The van der Waals surface area contributed by atoms with E-state index in [-0.39, 0.29) is 23.9 Å².